The molecule has 88 valence electrons. The van der Waals surface area contributed by atoms with Crippen LogP contribution < -0.4 is 4.74 Å². The molecule has 0 aromatic heterocycles. The average Bonchev–Trinajstić information content (AvgIpc) is 2.34. The molecule has 2 aromatic rings. The minimum atomic E-state index is -0.239. The van der Waals surface area contributed by atoms with E-state index in [1.165, 1.54) is 6.07 Å². The molecule has 0 bridgehead atoms. The van der Waals surface area contributed by atoms with Crippen LogP contribution in [0.5, 0.6) is 11.5 Å². The first-order chi connectivity index (χ1) is 8.20. The Balaban J connectivity index is 2.28. The molecule has 0 unspecified atom stereocenters. The highest BCUT2D eigenvalue weighted by molar-refractivity contribution is 5.38. The molecule has 0 atom stereocenters. The fraction of sp³-hybridized carbons (Fsp3) is 0.200. The summed E-state index contributed by atoms with van der Waals surface area (Å²) in [5, 5.41) is 0. The Labute approximate surface area is 101 Å². The summed E-state index contributed by atoms with van der Waals surface area (Å²) in [5.41, 5.74) is 1.75. The van der Waals surface area contributed by atoms with Crippen LogP contribution in [0.1, 0.15) is 18.1 Å². The van der Waals surface area contributed by atoms with Gasteiger partial charge in [-0.15, -0.1) is 0 Å². The second-order valence-corrected chi connectivity index (χ2v) is 3.97. The highest BCUT2D eigenvalue weighted by Gasteiger charge is 2.04. The van der Waals surface area contributed by atoms with Crippen LogP contribution in [-0.4, -0.2) is 0 Å². The van der Waals surface area contributed by atoms with Gasteiger partial charge in [0.05, 0.1) is 0 Å². The number of hydrogen-bond donors (Lipinski definition) is 0. The summed E-state index contributed by atoms with van der Waals surface area (Å²) >= 11 is 0. The topological polar surface area (TPSA) is 9.23 Å². The van der Waals surface area contributed by atoms with Crippen molar-refractivity contribution in [3.05, 3.63) is 59.4 Å². The van der Waals surface area contributed by atoms with Gasteiger partial charge in [-0.3, -0.25) is 0 Å². The van der Waals surface area contributed by atoms with Crippen LogP contribution in [-0.2, 0) is 6.42 Å². The fourth-order valence-electron chi connectivity index (χ4n) is 1.66. The normalized spacial score (nSPS) is 10.3. The first-order valence-corrected chi connectivity index (χ1v) is 5.72. The van der Waals surface area contributed by atoms with E-state index in [1.807, 2.05) is 24.3 Å². The predicted molar refractivity (Wildman–Crippen MR) is 67.0 cm³/mol. The Morgan fingerprint density at radius 2 is 1.88 bits per heavy atom. The second-order valence-electron chi connectivity index (χ2n) is 3.97. The van der Waals surface area contributed by atoms with Gasteiger partial charge in [-0.25, -0.2) is 4.39 Å². The molecule has 1 nitrogen and oxygen atoms in total. The van der Waals surface area contributed by atoms with Crippen LogP contribution in [0, 0.1) is 12.7 Å². The average molecular weight is 230 g/mol. The zero-order valence-electron chi connectivity index (χ0n) is 10.0. The molecule has 0 N–H and O–H groups in total. The molecule has 2 heteroatoms. The second kappa shape index (κ2) is 5.00. The molecule has 17 heavy (non-hydrogen) atoms. The lowest BCUT2D eigenvalue weighted by atomic mass is 10.1. The third-order valence-electron chi connectivity index (χ3n) is 2.72. The minimum Gasteiger partial charge on any atom is -0.457 e. The van der Waals surface area contributed by atoms with E-state index in [0.717, 1.165) is 17.7 Å². The lowest BCUT2D eigenvalue weighted by Gasteiger charge is -2.10. The molecule has 0 saturated carbocycles. The van der Waals surface area contributed by atoms with Crippen molar-refractivity contribution in [2.75, 3.05) is 0 Å². The Kier molecular flexibility index (Phi) is 3.43. The molecule has 0 spiro atoms. The first kappa shape index (κ1) is 11.6. The molecule has 2 aromatic carbocycles. The van der Waals surface area contributed by atoms with E-state index in [9.17, 15) is 4.39 Å². The van der Waals surface area contributed by atoms with Gasteiger partial charge in [0.15, 0.2) is 0 Å². The summed E-state index contributed by atoms with van der Waals surface area (Å²) in [6.07, 6.45) is 0.893. The van der Waals surface area contributed by atoms with Gasteiger partial charge < -0.3 is 4.74 Å². The van der Waals surface area contributed by atoms with Gasteiger partial charge in [0.1, 0.15) is 17.3 Å². The first-order valence-electron chi connectivity index (χ1n) is 5.72. The lowest BCUT2D eigenvalue weighted by Crippen LogP contribution is -1.91. The molecule has 0 heterocycles. The van der Waals surface area contributed by atoms with Crippen molar-refractivity contribution in [3.8, 4) is 11.5 Å². The maximum Gasteiger partial charge on any atom is 0.130 e. The van der Waals surface area contributed by atoms with Gasteiger partial charge in [0.25, 0.3) is 0 Å². The van der Waals surface area contributed by atoms with Crippen LogP contribution in [0.25, 0.3) is 0 Å². The number of hydrogen-bond acceptors (Lipinski definition) is 1. The molecule has 0 aliphatic rings. The fourth-order valence-corrected chi connectivity index (χ4v) is 1.66. The van der Waals surface area contributed by atoms with Crippen molar-refractivity contribution in [3.63, 3.8) is 0 Å². The maximum absolute atomic E-state index is 13.4. The van der Waals surface area contributed by atoms with Gasteiger partial charge in [-0.2, -0.15) is 0 Å². The van der Waals surface area contributed by atoms with Crippen LogP contribution in [0.4, 0.5) is 4.39 Å². The zero-order chi connectivity index (χ0) is 12.3. The van der Waals surface area contributed by atoms with Crippen molar-refractivity contribution in [2.45, 2.75) is 20.3 Å². The third-order valence-corrected chi connectivity index (χ3v) is 2.72. The SMILES string of the molecule is CCc1ccccc1Oc1ccc(C)c(F)c1. The smallest absolute Gasteiger partial charge is 0.130 e. The summed E-state index contributed by atoms with van der Waals surface area (Å²) < 4.78 is 19.1. The quantitative estimate of drug-likeness (QED) is 0.755. The number of rotatable bonds is 3. The van der Waals surface area contributed by atoms with Crippen LogP contribution in [0.15, 0.2) is 42.5 Å². The summed E-state index contributed by atoms with van der Waals surface area (Å²) in [6.45, 7) is 3.80. The molecular weight excluding hydrogens is 215 g/mol. The monoisotopic (exact) mass is 230 g/mol. The standard InChI is InChI=1S/C15H15FO/c1-3-12-6-4-5-7-15(12)17-13-9-8-11(2)14(16)10-13/h4-10H,3H2,1-2H3. The van der Waals surface area contributed by atoms with Gasteiger partial charge >= 0.3 is 0 Å². The minimum absolute atomic E-state index is 0.239. The van der Waals surface area contributed by atoms with Crippen molar-refractivity contribution < 1.29 is 9.13 Å². The van der Waals surface area contributed by atoms with Crippen molar-refractivity contribution in [2.24, 2.45) is 0 Å². The molecule has 0 aliphatic carbocycles. The van der Waals surface area contributed by atoms with E-state index in [0.29, 0.717) is 11.3 Å². The van der Waals surface area contributed by atoms with E-state index in [2.05, 4.69) is 6.92 Å². The summed E-state index contributed by atoms with van der Waals surface area (Å²) in [6, 6.07) is 12.7. The summed E-state index contributed by atoms with van der Waals surface area (Å²) in [7, 11) is 0. The van der Waals surface area contributed by atoms with Crippen LogP contribution in [0.2, 0.25) is 0 Å². The molecule has 0 amide bonds. The van der Waals surface area contributed by atoms with Gasteiger partial charge in [-0.1, -0.05) is 31.2 Å². The maximum atomic E-state index is 13.4. The van der Waals surface area contributed by atoms with Crippen LogP contribution >= 0.6 is 0 Å². The number of para-hydroxylation sites is 1. The zero-order valence-corrected chi connectivity index (χ0v) is 10.0. The number of aryl methyl sites for hydroxylation is 2. The van der Waals surface area contributed by atoms with Crippen molar-refractivity contribution in [1.29, 1.82) is 0 Å². The lowest BCUT2D eigenvalue weighted by molar-refractivity contribution is 0.470. The van der Waals surface area contributed by atoms with E-state index < -0.39 is 0 Å². The van der Waals surface area contributed by atoms with E-state index >= 15 is 0 Å². The molecule has 0 saturated heterocycles. The number of benzene rings is 2. The van der Waals surface area contributed by atoms with E-state index in [1.54, 1.807) is 19.1 Å². The summed E-state index contributed by atoms with van der Waals surface area (Å²) in [5.74, 6) is 1.09. The van der Waals surface area contributed by atoms with Gasteiger partial charge in [-0.05, 0) is 36.6 Å². The van der Waals surface area contributed by atoms with Crippen LogP contribution in [0.3, 0.4) is 0 Å². The summed E-state index contributed by atoms with van der Waals surface area (Å²) in [4.78, 5) is 0. The van der Waals surface area contributed by atoms with Crippen molar-refractivity contribution >= 4 is 0 Å². The third kappa shape index (κ3) is 2.64. The Morgan fingerprint density at radius 1 is 1.12 bits per heavy atom. The Morgan fingerprint density at radius 3 is 2.59 bits per heavy atom. The number of ether oxygens (including phenoxy) is 1. The van der Waals surface area contributed by atoms with Gasteiger partial charge in [0, 0.05) is 6.07 Å². The largest absolute Gasteiger partial charge is 0.457 e. The van der Waals surface area contributed by atoms with Gasteiger partial charge in [0.2, 0.25) is 0 Å². The van der Waals surface area contributed by atoms with E-state index in [-0.39, 0.29) is 5.82 Å². The number of halogens is 1. The molecular formula is C15H15FO. The van der Waals surface area contributed by atoms with Crippen molar-refractivity contribution in [1.82, 2.24) is 0 Å². The predicted octanol–water partition coefficient (Wildman–Crippen LogP) is 4.49. The highest BCUT2D eigenvalue weighted by Crippen LogP contribution is 2.26. The molecule has 0 aliphatic heterocycles. The van der Waals surface area contributed by atoms with E-state index in [4.69, 9.17) is 4.74 Å². The Bertz CT molecular complexity index is 520. The highest BCUT2D eigenvalue weighted by atomic mass is 19.1. The molecule has 2 rings (SSSR count). The molecule has 0 radical (unpaired) electrons. The Hall–Kier alpha value is -1.83. The molecule has 0 fully saturated rings.